The molecule has 0 aliphatic rings. The Morgan fingerprint density at radius 3 is 2.53 bits per heavy atom. The van der Waals surface area contributed by atoms with Gasteiger partial charge in [-0.15, -0.1) is 0 Å². The van der Waals surface area contributed by atoms with Gasteiger partial charge in [0.2, 0.25) is 0 Å². The van der Waals surface area contributed by atoms with Crippen molar-refractivity contribution in [1.29, 1.82) is 0 Å². The highest BCUT2D eigenvalue weighted by Crippen LogP contribution is 2.25. The van der Waals surface area contributed by atoms with Crippen molar-refractivity contribution in [3.8, 4) is 11.5 Å². The van der Waals surface area contributed by atoms with Crippen molar-refractivity contribution in [2.24, 2.45) is 0 Å². The number of para-hydroxylation sites is 1. The molecule has 0 N–H and O–H groups in total. The summed E-state index contributed by atoms with van der Waals surface area (Å²) in [6.45, 7) is 1.92. The molecule has 0 aromatic heterocycles. The van der Waals surface area contributed by atoms with Crippen LogP contribution in [-0.4, -0.2) is 0 Å². The van der Waals surface area contributed by atoms with E-state index in [0.29, 0.717) is 5.75 Å². The fraction of sp³-hybridized carbons (Fsp3) is 0.0667. The highest BCUT2D eigenvalue weighted by atomic mass is 19.1. The van der Waals surface area contributed by atoms with Gasteiger partial charge in [0.15, 0.2) is 11.6 Å². The number of allylic oxidation sites excluding steroid dienone is 1. The molecule has 0 spiro atoms. The van der Waals surface area contributed by atoms with Gasteiger partial charge in [-0.3, -0.25) is 0 Å². The molecule has 86 valence electrons. The average Bonchev–Trinajstić information content (AvgIpc) is 2.35. The Hall–Kier alpha value is -2.09. The third-order valence-corrected chi connectivity index (χ3v) is 2.29. The van der Waals surface area contributed by atoms with Crippen molar-refractivity contribution < 1.29 is 9.13 Å². The molecule has 0 amide bonds. The number of hydrogen-bond acceptors (Lipinski definition) is 1. The van der Waals surface area contributed by atoms with Crippen LogP contribution in [0.5, 0.6) is 11.5 Å². The molecule has 0 fully saturated rings. The van der Waals surface area contributed by atoms with Crippen molar-refractivity contribution in [2.75, 3.05) is 0 Å². The first-order chi connectivity index (χ1) is 8.29. The van der Waals surface area contributed by atoms with E-state index in [-0.39, 0.29) is 11.6 Å². The molecule has 0 radical (unpaired) electrons. The van der Waals surface area contributed by atoms with Crippen LogP contribution in [0.2, 0.25) is 0 Å². The van der Waals surface area contributed by atoms with E-state index in [0.717, 1.165) is 5.56 Å². The fourth-order valence-corrected chi connectivity index (χ4v) is 1.51. The molecule has 0 heterocycles. The molecule has 0 aliphatic carbocycles. The molecule has 2 aromatic rings. The van der Waals surface area contributed by atoms with Crippen LogP contribution in [0.15, 0.2) is 54.6 Å². The first-order valence-corrected chi connectivity index (χ1v) is 5.45. The minimum Gasteiger partial charge on any atom is -0.454 e. The van der Waals surface area contributed by atoms with Crippen molar-refractivity contribution in [3.05, 3.63) is 66.0 Å². The molecule has 0 saturated heterocycles. The Bertz CT molecular complexity index is 518. The van der Waals surface area contributed by atoms with Crippen molar-refractivity contribution in [1.82, 2.24) is 0 Å². The number of halogens is 1. The van der Waals surface area contributed by atoms with Crippen LogP contribution >= 0.6 is 0 Å². The highest BCUT2D eigenvalue weighted by Gasteiger charge is 2.04. The first-order valence-electron chi connectivity index (χ1n) is 5.45. The van der Waals surface area contributed by atoms with E-state index in [1.54, 1.807) is 24.3 Å². The average molecular weight is 228 g/mol. The van der Waals surface area contributed by atoms with E-state index < -0.39 is 0 Å². The van der Waals surface area contributed by atoms with Crippen molar-refractivity contribution in [2.45, 2.75) is 6.92 Å². The van der Waals surface area contributed by atoms with Crippen molar-refractivity contribution >= 4 is 6.08 Å². The molecule has 0 bridgehead atoms. The van der Waals surface area contributed by atoms with Crippen LogP contribution in [0.25, 0.3) is 6.08 Å². The molecule has 0 unspecified atom stereocenters. The van der Waals surface area contributed by atoms with Gasteiger partial charge in [0.1, 0.15) is 5.75 Å². The summed E-state index contributed by atoms with van der Waals surface area (Å²) >= 11 is 0. The van der Waals surface area contributed by atoms with E-state index in [4.69, 9.17) is 4.74 Å². The normalized spacial score (nSPS) is 10.7. The molecule has 2 aromatic carbocycles. The van der Waals surface area contributed by atoms with E-state index in [9.17, 15) is 4.39 Å². The Kier molecular flexibility index (Phi) is 3.55. The minimum absolute atomic E-state index is 0.242. The Balaban J connectivity index is 2.29. The molecule has 0 aliphatic heterocycles. The zero-order chi connectivity index (χ0) is 12.1. The maximum Gasteiger partial charge on any atom is 0.165 e. The lowest BCUT2D eigenvalue weighted by Gasteiger charge is -2.07. The SMILES string of the molecule is C/C=C/c1ccc(F)c(Oc2ccccc2)c1. The maximum atomic E-state index is 13.5. The topological polar surface area (TPSA) is 9.23 Å². The zero-order valence-electron chi connectivity index (χ0n) is 9.56. The second-order valence-corrected chi connectivity index (χ2v) is 3.60. The van der Waals surface area contributed by atoms with Gasteiger partial charge >= 0.3 is 0 Å². The van der Waals surface area contributed by atoms with Crippen LogP contribution in [0.3, 0.4) is 0 Å². The monoisotopic (exact) mass is 228 g/mol. The van der Waals surface area contributed by atoms with Gasteiger partial charge < -0.3 is 4.74 Å². The second kappa shape index (κ2) is 5.30. The smallest absolute Gasteiger partial charge is 0.165 e. The molecular formula is C15H13FO. The molecule has 0 atom stereocenters. The van der Waals surface area contributed by atoms with Crippen LogP contribution in [-0.2, 0) is 0 Å². The molecule has 0 saturated carbocycles. The fourth-order valence-electron chi connectivity index (χ4n) is 1.51. The highest BCUT2D eigenvalue weighted by molar-refractivity contribution is 5.52. The van der Waals surface area contributed by atoms with Gasteiger partial charge in [0, 0.05) is 0 Å². The Morgan fingerprint density at radius 1 is 1.06 bits per heavy atom. The summed E-state index contributed by atoms with van der Waals surface area (Å²) in [5, 5.41) is 0. The number of benzene rings is 2. The van der Waals surface area contributed by atoms with E-state index >= 15 is 0 Å². The summed E-state index contributed by atoms with van der Waals surface area (Å²) in [4.78, 5) is 0. The zero-order valence-corrected chi connectivity index (χ0v) is 9.56. The lowest BCUT2D eigenvalue weighted by atomic mass is 10.2. The van der Waals surface area contributed by atoms with E-state index in [1.807, 2.05) is 37.3 Å². The number of rotatable bonds is 3. The Labute approximate surface area is 100 Å². The first kappa shape index (κ1) is 11.4. The number of ether oxygens (including phenoxy) is 1. The predicted molar refractivity (Wildman–Crippen MR) is 67.6 cm³/mol. The van der Waals surface area contributed by atoms with Gasteiger partial charge in [0.25, 0.3) is 0 Å². The summed E-state index contributed by atoms with van der Waals surface area (Å²) in [5.74, 6) is 0.512. The summed E-state index contributed by atoms with van der Waals surface area (Å²) in [7, 11) is 0. The van der Waals surface area contributed by atoms with Crippen LogP contribution in [0.1, 0.15) is 12.5 Å². The molecule has 17 heavy (non-hydrogen) atoms. The van der Waals surface area contributed by atoms with E-state index in [1.165, 1.54) is 6.07 Å². The lowest BCUT2D eigenvalue weighted by Crippen LogP contribution is -1.88. The predicted octanol–water partition coefficient (Wildman–Crippen LogP) is 4.65. The second-order valence-electron chi connectivity index (χ2n) is 3.60. The van der Waals surface area contributed by atoms with E-state index in [2.05, 4.69) is 0 Å². The van der Waals surface area contributed by atoms with Gasteiger partial charge in [-0.2, -0.15) is 0 Å². The Morgan fingerprint density at radius 2 is 1.82 bits per heavy atom. The molecule has 1 nitrogen and oxygen atoms in total. The molecule has 2 rings (SSSR count). The van der Waals surface area contributed by atoms with Crippen molar-refractivity contribution in [3.63, 3.8) is 0 Å². The third-order valence-electron chi connectivity index (χ3n) is 2.29. The quantitative estimate of drug-likeness (QED) is 0.742. The summed E-state index contributed by atoms with van der Waals surface area (Å²) in [5.41, 5.74) is 0.917. The molecular weight excluding hydrogens is 215 g/mol. The lowest BCUT2D eigenvalue weighted by molar-refractivity contribution is 0.442. The minimum atomic E-state index is -0.359. The van der Waals surface area contributed by atoms with Crippen LogP contribution in [0.4, 0.5) is 4.39 Å². The summed E-state index contributed by atoms with van der Waals surface area (Å²) in [6, 6.07) is 14.0. The van der Waals surface area contributed by atoms with Gasteiger partial charge in [-0.1, -0.05) is 36.4 Å². The number of hydrogen-bond donors (Lipinski definition) is 0. The van der Waals surface area contributed by atoms with Gasteiger partial charge in [0.05, 0.1) is 0 Å². The van der Waals surface area contributed by atoms with Crippen LogP contribution in [0, 0.1) is 5.82 Å². The van der Waals surface area contributed by atoms with Crippen LogP contribution < -0.4 is 4.74 Å². The summed E-state index contributed by atoms with van der Waals surface area (Å²) < 4.78 is 19.0. The van der Waals surface area contributed by atoms with Gasteiger partial charge in [-0.25, -0.2) is 4.39 Å². The molecule has 2 heteroatoms. The summed E-state index contributed by atoms with van der Waals surface area (Å²) in [6.07, 6.45) is 3.80. The third kappa shape index (κ3) is 2.94. The largest absolute Gasteiger partial charge is 0.454 e. The van der Waals surface area contributed by atoms with Gasteiger partial charge in [-0.05, 0) is 36.8 Å². The standard InChI is InChI=1S/C15H13FO/c1-2-6-12-9-10-14(16)15(11-12)17-13-7-4-3-5-8-13/h2-11H,1H3/b6-2+. The maximum absolute atomic E-state index is 13.5.